The van der Waals surface area contributed by atoms with Gasteiger partial charge in [0.05, 0.1) is 18.5 Å². The van der Waals surface area contributed by atoms with Crippen molar-refractivity contribution in [1.82, 2.24) is 0 Å². The van der Waals surface area contributed by atoms with Crippen LogP contribution in [-0.2, 0) is 19.0 Å². The van der Waals surface area contributed by atoms with Gasteiger partial charge in [0.15, 0.2) is 0 Å². The van der Waals surface area contributed by atoms with Crippen LogP contribution in [0.4, 0.5) is 0 Å². The third-order valence-corrected chi connectivity index (χ3v) is 3.61. The third kappa shape index (κ3) is 2.27. The van der Waals surface area contributed by atoms with E-state index in [-0.39, 0.29) is 12.2 Å². The lowest BCUT2D eigenvalue weighted by molar-refractivity contribution is -0.0652. The van der Waals surface area contributed by atoms with Gasteiger partial charge in [-0.3, -0.25) is 4.18 Å². The van der Waals surface area contributed by atoms with Crippen molar-refractivity contribution in [2.45, 2.75) is 37.9 Å². The number of hydrogen-bond donors (Lipinski definition) is 0. The van der Waals surface area contributed by atoms with Crippen molar-refractivity contribution in [2.24, 2.45) is 5.92 Å². The van der Waals surface area contributed by atoms with Crippen LogP contribution in [0.2, 0.25) is 0 Å². The van der Waals surface area contributed by atoms with E-state index < -0.39 is 10.1 Å². The van der Waals surface area contributed by atoms with Crippen LogP contribution in [-0.4, -0.2) is 33.5 Å². The van der Waals surface area contributed by atoms with E-state index in [1.54, 1.807) is 0 Å². The predicted molar refractivity (Wildman–Crippen MR) is 51.4 cm³/mol. The smallest absolute Gasteiger partial charge is 0.264 e. The highest BCUT2D eigenvalue weighted by molar-refractivity contribution is 7.86. The van der Waals surface area contributed by atoms with Gasteiger partial charge in [0.1, 0.15) is 0 Å². The molecule has 0 unspecified atom stereocenters. The van der Waals surface area contributed by atoms with E-state index in [0.717, 1.165) is 25.5 Å². The van der Waals surface area contributed by atoms with Crippen LogP contribution < -0.4 is 0 Å². The van der Waals surface area contributed by atoms with E-state index >= 15 is 0 Å². The van der Waals surface area contributed by atoms with Gasteiger partial charge >= 0.3 is 0 Å². The lowest BCUT2D eigenvalue weighted by atomic mass is 9.94. The third-order valence-electron chi connectivity index (χ3n) is 3.01. The molecule has 0 N–H and O–H groups in total. The summed E-state index contributed by atoms with van der Waals surface area (Å²) in [6.45, 7) is 0.626. The summed E-state index contributed by atoms with van der Waals surface area (Å²) in [7, 11) is -3.32. The van der Waals surface area contributed by atoms with Gasteiger partial charge in [0, 0.05) is 12.5 Å². The Labute approximate surface area is 84.7 Å². The highest BCUT2D eigenvalue weighted by atomic mass is 32.2. The summed E-state index contributed by atoms with van der Waals surface area (Å²) < 4.78 is 32.7. The molecule has 0 radical (unpaired) electrons. The average molecular weight is 220 g/mol. The number of ether oxygens (including phenoxy) is 1. The molecule has 82 valence electrons. The highest BCUT2D eigenvalue weighted by Gasteiger charge is 2.39. The number of rotatable bonds is 2. The molecule has 2 aliphatic rings. The number of hydrogen-bond acceptors (Lipinski definition) is 4. The van der Waals surface area contributed by atoms with Crippen molar-refractivity contribution >= 4 is 10.1 Å². The standard InChI is InChI=1S/C9H16O4S/c1-14(10,11)13-9-5-6-12-8-4-2-3-7(8)9/h7-9H,2-6H2,1H3/t7-,8-,9+/m0/s1. The van der Waals surface area contributed by atoms with Gasteiger partial charge in [-0.15, -0.1) is 0 Å². The molecular weight excluding hydrogens is 204 g/mol. The Balaban J connectivity index is 2.03. The molecule has 1 heterocycles. The zero-order valence-electron chi connectivity index (χ0n) is 8.31. The molecule has 0 aromatic heterocycles. The Kier molecular flexibility index (Phi) is 2.81. The lowest BCUT2D eigenvalue weighted by Crippen LogP contribution is -2.38. The maximum atomic E-state index is 11.0. The molecular formula is C9H16O4S. The van der Waals surface area contributed by atoms with Crippen molar-refractivity contribution in [3.63, 3.8) is 0 Å². The number of fused-ring (bicyclic) bond motifs is 1. The normalized spacial score (nSPS) is 38.2. The summed E-state index contributed by atoms with van der Waals surface area (Å²) in [6.07, 6.45) is 5.11. The van der Waals surface area contributed by atoms with Crippen molar-refractivity contribution < 1.29 is 17.3 Å². The van der Waals surface area contributed by atoms with E-state index in [2.05, 4.69) is 0 Å². The zero-order chi connectivity index (χ0) is 10.2. The Hall–Kier alpha value is -0.130. The summed E-state index contributed by atoms with van der Waals surface area (Å²) in [5, 5.41) is 0. The fourth-order valence-corrected chi connectivity index (χ4v) is 3.17. The molecule has 1 saturated carbocycles. The van der Waals surface area contributed by atoms with Crippen molar-refractivity contribution in [3.05, 3.63) is 0 Å². The van der Waals surface area contributed by atoms with Gasteiger partial charge in [-0.25, -0.2) is 0 Å². The van der Waals surface area contributed by atoms with E-state index in [1.165, 1.54) is 0 Å². The van der Waals surface area contributed by atoms with Crippen molar-refractivity contribution in [2.75, 3.05) is 12.9 Å². The van der Waals surface area contributed by atoms with Crippen LogP contribution in [0.3, 0.4) is 0 Å². The van der Waals surface area contributed by atoms with Gasteiger partial charge in [-0.05, 0) is 19.3 Å². The minimum atomic E-state index is -3.32. The Morgan fingerprint density at radius 3 is 2.79 bits per heavy atom. The first-order valence-corrected chi connectivity index (χ1v) is 6.88. The molecule has 0 aromatic carbocycles. The van der Waals surface area contributed by atoms with E-state index in [9.17, 15) is 8.42 Å². The van der Waals surface area contributed by atoms with Crippen LogP contribution in [0.1, 0.15) is 25.7 Å². The summed E-state index contributed by atoms with van der Waals surface area (Å²) in [4.78, 5) is 0. The Morgan fingerprint density at radius 1 is 1.29 bits per heavy atom. The second-order valence-electron chi connectivity index (χ2n) is 4.13. The molecule has 3 atom stereocenters. The van der Waals surface area contributed by atoms with Crippen molar-refractivity contribution in [3.8, 4) is 0 Å². The Morgan fingerprint density at radius 2 is 2.07 bits per heavy atom. The van der Waals surface area contributed by atoms with E-state index in [0.29, 0.717) is 18.9 Å². The molecule has 1 aliphatic heterocycles. The van der Waals surface area contributed by atoms with Crippen LogP contribution >= 0.6 is 0 Å². The molecule has 2 fully saturated rings. The van der Waals surface area contributed by atoms with Crippen molar-refractivity contribution in [1.29, 1.82) is 0 Å². The van der Waals surface area contributed by atoms with Gasteiger partial charge in [0.25, 0.3) is 10.1 Å². The fraction of sp³-hybridized carbons (Fsp3) is 1.00. The van der Waals surface area contributed by atoms with Gasteiger partial charge < -0.3 is 4.74 Å². The van der Waals surface area contributed by atoms with Crippen LogP contribution in [0.25, 0.3) is 0 Å². The molecule has 1 saturated heterocycles. The molecule has 0 amide bonds. The topological polar surface area (TPSA) is 52.6 Å². The maximum Gasteiger partial charge on any atom is 0.264 e. The van der Waals surface area contributed by atoms with Crippen LogP contribution in [0, 0.1) is 5.92 Å². The first kappa shape index (κ1) is 10.4. The molecule has 4 nitrogen and oxygen atoms in total. The molecule has 5 heteroatoms. The second kappa shape index (κ2) is 3.79. The van der Waals surface area contributed by atoms with E-state index in [4.69, 9.17) is 8.92 Å². The molecule has 0 spiro atoms. The fourth-order valence-electron chi connectivity index (χ4n) is 2.48. The summed E-state index contributed by atoms with van der Waals surface area (Å²) in [5.74, 6) is 0.290. The first-order chi connectivity index (χ1) is 6.56. The average Bonchev–Trinajstić information content (AvgIpc) is 2.49. The summed E-state index contributed by atoms with van der Waals surface area (Å²) >= 11 is 0. The quantitative estimate of drug-likeness (QED) is 0.649. The predicted octanol–water partition coefficient (Wildman–Crippen LogP) is 0.920. The lowest BCUT2D eigenvalue weighted by Gasteiger charge is -2.32. The van der Waals surface area contributed by atoms with Gasteiger partial charge in [0.2, 0.25) is 0 Å². The first-order valence-electron chi connectivity index (χ1n) is 5.06. The highest BCUT2D eigenvalue weighted by Crippen LogP contribution is 2.37. The minimum Gasteiger partial charge on any atom is -0.378 e. The zero-order valence-corrected chi connectivity index (χ0v) is 9.13. The van der Waals surface area contributed by atoms with Gasteiger partial charge in [-0.1, -0.05) is 6.42 Å². The van der Waals surface area contributed by atoms with Crippen LogP contribution in [0.5, 0.6) is 0 Å². The minimum absolute atomic E-state index is 0.147. The van der Waals surface area contributed by atoms with Crippen LogP contribution in [0.15, 0.2) is 0 Å². The van der Waals surface area contributed by atoms with Gasteiger partial charge in [-0.2, -0.15) is 8.42 Å². The van der Waals surface area contributed by atoms with E-state index in [1.807, 2.05) is 0 Å². The maximum absolute atomic E-state index is 11.0. The molecule has 0 aromatic rings. The Bertz CT molecular complexity index is 298. The SMILES string of the molecule is CS(=O)(=O)O[C@@H]1CCO[C@H]2CCC[C@@H]21. The largest absolute Gasteiger partial charge is 0.378 e. The molecule has 0 bridgehead atoms. The summed E-state index contributed by atoms with van der Waals surface area (Å²) in [6, 6.07) is 0. The molecule has 14 heavy (non-hydrogen) atoms. The summed E-state index contributed by atoms with van der Waals surface area (Å²) in [5.41, 5.74) is 0. The second-order valence-corrected chi connectivity index (χ2v) is 5.73. The molecule has 2 rings (SSSR count). The molecule has 1 aliphatic carbocycles. The monoisotopic (exact) mass is 220 g/mol.